The number of fused-ring (bicyclic) bond motifs is 1. The van der Waals surface area contributed by atoms with Crippen LogP contribution >= 0.6 is 0 Å². The predicted molar refractivity (Wildman–Crippen MR) is 89.9 cm³/mol. The molecule has 1 atom stereocenters. The van der Waals surface area contributed by atoms with Crippen molar-refractivity contribution in [3.8, 4) is 6.07 Å². The summed E-state index contributed by atoms with van der Waals surface area (Å²) in [7, 11) is 1.75. The number of carbonyl (C=O) groups excluding carboxylic acids is 1. The van der Waals surface area contributed by atoms with E-state index in [9.17, 15) is 14.7 Å². The molecular weight excluding hydrogens is 324 g/mol. The van der Waals surface area contributed by atoms with Crippen molar-refractivity contribution in [2.24, 2.45) is 7.05 Å². The second-order valence-corrected chi connectivity index (χ2v) is 6.64. The molecule has 0 radical (unpaired) electrons. The number of aryl methyl sites for hydroxylation is 1. The van der Waals surface area contributed by atoms with Gasteiger partial charge in [0.05, 0.1) is 22.7 Å². The molecule has 1 amide bonds. The van der Waals surface area contributed by atoms with Crippen LogP contribution in [-0.2, 0) is 23.0 Å². The number of rotatable bonds is 4. The summed E-state index contributed by atoms with van der Waals surface area (Å²) >= 11 is 0. The lowest BCUT2D eigenvalue weighted by Gasteiger charge is -2.21. The average molecular weight is 344 g/mol. The lowest BCUT2D eigenvalue weighted by atomic mass is 10.2. The molecule has 0 spiro atoms. The number of nitrogens with one attached hydrogen (secondary N) is 1. The van der Waals surface area contributed by atoms with E-state index in [1.165, 1.54) is 0 Å². The molecule has 0 saturated heterocycles. The summed E-state index contributed by atoms with van der Waals surface area (Å²) < 4.78 is 6.84. The quantitative estimate of drug-likeness (QED) is 0.875. The van der Waals surface area contributed by atoms with E-state index in [2.05, 4.69) is 10.3 Å². The maximum atomic E-state index is 11.8. The van der Waals surface area contributed by atoms with Gasteiger partial charge in [0.15, 0.2) is 0 Å². The van der Waals surface area contributed by atoms with E-state index >= 15 is 0 Å². The molecule has 8 nitrogen and oxygen atoms in total. The molecule has 2 N–H and O–H groups in total. The van der Waals surface area contributed by atoms with Gasteiger partial charge in [0.1, 0.15) is 17.5 Å². The van der Waals surface area contributed by atoms with Crippen LogP contribution in [0.1, 0.15) is 32.2 Å². The summed E-state index contributed by atoms with van der Waals surface area (Å²) in [5.74, 6) is -0.704. The number of imidazole rings is 1. The van der Waals surface area contributed by atoms with Crippen LogP contribution in [0.4, 0.5) is 4.79 Å². The number of alkyl carbamates (subject to hydrolysis) is 1. The number of amides is 1. The highest BCUT2D eigenvalue weighted by atomic mass is 16.6. The molecule has 0 aliphatic heterocycles. The predicted octanol–water partition coefficient (Wildman–Crippen LogP) is 1.97. The minimum atomic E-state index is -1.18. The molecule has 0 aliphatic carbocycles. The Morgan fingerprint density at radius 3 is 2.68 bits per heavy atom. The number of hydrogen-bond acceptors (Lipinski definition) is 5. The molecule has 1 aromatic heterocycles. The molecule has 25 heavy (non-hydrogen) atoms. The van der Waals surface area contributed by atoms with Gasteiger partial charge in [-0.05, 0) is 39.0 Å². The molecule has 8 heteroatoms. The Bertz CT molecular complexity index is 858. The Morgan fingerprint density at radius 1 is 1.44 bits per heavy atom. The summed E-state index contributed by atoms with van der Waals surface area (Å²) in [6, 6.07) is 5.91. The number of ether oxygens (including phenoxy) is 1. The van der Waals surface area contributed by atoms with Gasteiger partial charge in [0.25, 0.3) is 0 Å². The summed E-state index contributed by atoms with van der Waals surface area (Å²) in [6.07, 6.45) is -0.813. The molecule has 1 heterocycles. The van der Waals surface area contributed by atoms with E-state index in [1.807, 2.05) is 6.07 Å². The topological polar surface area (TPSA) is 117 Å². The third-order valence-corrected chi connectivity index (χ3v) is 3.48. The van der Waals surface area contributed by atoms with Crippen molar-refractivity contribution in [1.29, 1.82) is 5.26 Å². The fraction of sp³-hybridized carbons (Fsp3) is 0.412. The van der Waals surface area contributed by atoms with Crippen LogP contribution in [0.5, 0.6) is 0 Å². The van der Waals surface area contributed by atoms with E-state index in [1.54, 1.807) is 50.6 Å². The number of hydrogen-bond donors (Lipinski definition) is 2. The van der Waals surface area contributed by atoms with Crippen molar-refractivity contribution in [3.05, 3.63) is 29.6 Å². The molecule has 1 unspecified atom stereocenters. The van der Waals surface area contributed by atoms with Crippen LogP contribution in [0, 0.1) is 11.3 Å². The number of aromatic nitrogens is 2. The summed E-state index contributed by atoms with van der Waals surface area (Å²) in [5, 5.41) is 20.7. The minimum absolute atomic E-state index is 0.0123. The van der Waals surface area contributed by atoms with Crippen LogP contribution in [0.2, 0.25) is 0 Å². The summed E-state index contributed by atoms with van der Waals surface area (Å²) in [6.45, 7) is 5.09. The van der Waals surface area contributed by atoms with Crippen molar-refractivity contribution >= 4 is 23.1 Å². The third-order valence-electron chi connectivity index (χ3n) is 3.48. The van der Waals surface area contributed by atoms with Gasteiger partial charge in [-0.2, -0.15) is 5.26 Å². The van der Waals surface area contributed by atoms with Crippen LogP contribution < -0.4 is 5.32 Å². The lowest BCUT2D eigenvalue weighted by molar-refractivity contribution is -0.139. The molecule has 0 fully saturated rings. The first-order valence-electron chi connectivity index (χ1n) is 7.68. The van der Waals surface area contributed by atoms with Gasteiger partial charge in [0.2, 0.25) is 0 Å². The molecule has 0 saturated carbocycles. The summed E-state index contributed by atoms with van der Waals surface area (Å²) in [5.41, 5.74) is 1.12. The van der Waals surface area contributed by atoms with Gasteiger partial charge in [-0.15, -0.1) is 0 Å². The SMILES string of the molecule is Cn1c(CC(NC(=O)OC(C)(C)C)C(=O)O)nc2cc(C#N)ccc21. The highest BCUT2D eigenvalue weighted by molar-refractivity contribution is 5.81. The number of nitriles is 1. The average Bonchev–Trinajstić information content (AvgIpc) is 2.80. The number of benzene rings is 1. The molecule has 0 bridgehead atoms. The molecule has 0 aliphatic rings. The lowest BCUT2D eigenvalue weighted by Crippen LogP contribution is -2.45. The van der Waals surface area contributed by atoms with E-state index in [4.69, 9.17) is 10.00 Å². The first-order valence-corrected chi connectivity index (χ1v) is 7.68. The van der Waals surface area contributed by atoms with Crippen molar-refractivity contribution in [2.45, 2.75) is 38.8 Å². The number of carboxylic acids is 1. The first-order chi connectivity index (χ1) is 11.6. The fourth-order valence-electron chi connectivity index (χ4n) is 2.33. The Hall–Kier alpha value is -3.08. The van der Waals surface area contributed by atoms with Gasteiger partial charge in [-0.3, -0.25) is 0 Å². The van der Waals surface area contributed by atoms with Gasteiger partial charge in [-0.25, -0.2) is 14.6 Å². The van der Waals surface area contributed by atoms with Crippen molar-refractivity contribution in [3.63, 3.8) is 0 Å². The largest absolute Gasteiger partial charge is 0.480 e. The molecular formula is C17H20N4O4. The maximum Gasteiger partial charge on any atom is 0.408 e. The first kappa shape index (κ1) is 18.3. The van der Waals surface area contributed by atoms with Crippen LogP contribution in [0.25, 0.3) is 11.0 Å². The zero-order chi connectivity index (χ0) is 18.8. The van der Waals surface area contributed by atoms with Crippen molar-refractivity contribution in [1.82, 2.24) is 14.9 Å². The Balaban J connectivity index is 2.24. The number of carboxylic acid groups (broad SMARTS) is 1. The second kappa shape index (κ2) is 6.81. The zero-order valence-corrected chi connectivity index (χ0v) is 14.5. The van der Waals surface area contributed by atoms with Gasteiger partial charge in [-0.1, -0.05) is 0 Å². The Kier molecular flexibility index (Phi) is 4.97. The normalized spacial score (nSPS) is 12.4. The van der Waals surface area contributed by atoms with E-state index in [-0.39, 0.29) is 6.42 Å². The number of nitrogens with zero attached hydrogens (tertiary/aromatic N) is 3. The minimum Gasteiger partial charge on any atom is -0.480 e. The van der Waals surface area contributed by atoms with Crippen LogP contribution in [0.15, 0.2) is 18.2 Å². The highest BCUT2D eigenvalue weighted by Crippen LogP contribution is 2.18. The molecule has 1 aromatic carbocycles. The maximum absolute atomic E-state index is 11.8. The smallest absolute Gasteiger partial charge is 0.408 e. The Labute approximate surface area is 145 Å². The van der Waals surface area contributed by atoms with E-state index in [0.717, 1.165) is 5.52 Å². The Morgan fingerprint density at radius 2 is 2.12 bits per heavy atom. The van der Waals surface area contributed by atoms with Crippen molar-refractivity contribution < 1.29 is 19.4 Å². The molecule has 2 rings (SSSR count). The van der Waals surface area contributed by atoms with Gasteiger partial charge >= 0.3 is 12.1 Å². The molecule has 2 aromatic rings. The van der Waals surface area contributed by atoms with Gasteiger partial charge < -0.3 is 19.7 Å². The number of aliphatic carboxylic acids is 1. The second-order valence-electron chi connectivity index (χ2n) is 6.64. The summed E-state index contributed by atoms with van der Waals surface area (Å²) in [4.78, 5) is 27.7. The number of carbonyl (C=O) groups is 2. The van der Waals surface area contributed by atoms with E-state index in [0.29, 0.717) is 16.9 Å². The zero-order valence-electron chi connectivity index (χ0n) is 14.5. The van der Waals surface area contributed by atoms with Gasteiger partial charge in [0, 0.05) is 13.5 Å². The van der Waals surface area contributed by atoms with Crippen molar-refractivity contribution in [2.75, 3.05) is 0 Å². The standard InChI is InChI=1S/C17H20N4O4/c1-17(2,3)25-16(24)20-12(15(22)23)8-14-19-11-7-10(9-18)5-6-13(11)21(14)4/h5-7,12H,8H2,1-4H3,(H,20,24)(H,22,23). The molecule has 132 valence electrons. The monoisotopic (exact) mass is 344 g/mol. The van der Waals surface area contributed by atoms with E-state index < -0.39 is 23.7 Å². The highest BCUT2D eigenvalue weighted by Gasteiger charge is 2.26. The van der Waals surface area contributed by atoms with Crippen LogP contribution in [0.3, 0.4) is 0 Å². The van der Waals surface area contributed by atoms with Crippen LogP contribution in [-0.4, -0.2) is 38.4 Å². The third kappa shape index (κ3) is 4.47. The fourth-order valence-corrected chi connectivity index (χ4v) is 2.33.